The molecule has 6 nitrogen and oxygen atoms in total. The molecule has 1 aliphatic heterocycles. The summed E-state index contributed by atoms with van der Waals surface area (Å²) >= 11 is 0. The number of piperidine rings is 1. The summed E-state index contributed by atoms with van der Waals surface area (Å²) in [4.78, 5) is 15.4. The predicted octanol–water partition coefficient (Wildman–Crippen LogP) is 3.47. The van der Waals surface area contributed by atoms with Crippen molar-refractivity contribution in [2.45, 2.75) is 47.1 Å². The van der Waals surface area contributed by atoms with Gasteiger partial charge in [-0.2, -0.15) is 0 Å². The Labute approximate surface area is 193 Å². The SMILES string of the molecule is Cc1cc(CNc2cccc(F)c2B(O)O)c2oc(N3CCC(C)(C)CC3)c(C)c(=O)c2c1. The van der Waals surface area contributed by atoms with Crippen LogP contribution in [0.15, 0.2) is 39.5 Å². The molecule has 33 heavy (non-hydrogen) atoms. The largest absolute Gasteiger partial charge is 0.493 e. The molecule has 4 rings (SSSR count). The van der Waals surface area contributed by atoms with E-state index >= 15 is 0 Å². The van der Waals surface area contributed by atoms with Gasteiger partial charge in [-0.3, -0.25) is 4.79 Å². The van der Waals surface area contributed by atoms with E-state index in [1.54, 1.807) is 6.07 Å². The van der Waals surface area contributed by atoms with Gasteiger partial charge in [0.25, 0.3) is 0 Å². The lowest BCUT2D eigenvalue weighted by Crippen LogP contribution is -2.38. The van der Waals surface area contributed by atoms with Crippen molar-refractivity contribution in [2.75, 3.05) is 23.3 Å². The summed E-state index contributed by atoms with van der Waals surface area (Å²) in [6, 6.07) is 8.00. The van der Waals surface area contributed by atoms with Gasteiger partial charge in [-0.25, -0.2) is 4.39 Å². The third-order valence-corrected chi connectivity index (χ3v) is 6.60. The molecule has 2 aromatic carbocycles. The maximum absolute atomic E-state index is 14.1. The lowest BCUT2D eigenvalue weighted by Gasteiger charge is -2.37. The Kier molecular flexibility index (Phi) is 6.25. The summed E-state index contributed by atoms with van der Waals surface area (Å²) in [6.45, 7) is 10.1. The summed E-state index contributed by atoms with van der Waals surface area (Å²) in [5.41, 5.74) is 3.00. The fourth-order valence-electron chi connectivity index (χ4n) is 4.50. The molecule has 0 unspecified atom stereocenters. The monoisotopic (exact) mass is 452 g/mol. The van der Waals surface area contributed by atoms with Crippen LogP contribution in [0.1, 0.15) is 43.4 Å². The molecule has 0 amide bonds. The Hall–Kier alpha value is -2.84. The first-order valence-electron chi connectivity index (χ1n) is 11.3. The molecule has 3 aromatic rings. The summed E-state index contributed by atoms with van der Waals surface area (Å²) in [6.07, 6.45) is 2.03. The van der Waals surface area contributed by atoms with Gasteiger partial charge in [0.1, 0.15) is 11.4 Å². The molecule has 0 saturated carbocycles. The first-order chi connectivity index (χ1) is 15.6. The van der Waals surface area contributed by atoms with Crippen molar-refractivity contribution < 1.29 is 18.9 Å². The lowest BCUT2D eigenvalue weighted by atomic mass is 9.78. The highest BCUT2D eigenvalue weighted by Gasteiger charge is 2.28. The molecular formula is C25H30BFN2O4. The maximum Gasteiger partial charge on any atom is 0.493 e. The molecule has 2 heterocycles. The zero-order valence-electron chi connectivity index (χ0n) is 19.5. The smallest absolute Gasteiger partial charge is 0.440 e. The average Bonchev–Trinajstić information content (AvgIpc) is 2.75. The van der Waals surface area contributed by atoms with E-state index in [4.69, 9.17) is 4.42 Å². The highest BCUT2D eigenvalue weighted by Crippen LogP contribution is 2.34. The third kappa shape index (κ3) is 4.63. The second-order valence-electron chi connectivity index (χ2n) is 9.74. The number of halogens is 1. The van der Waals surface area contributed by atoms with E-state index < -0.39 is 12.9 Å². The number of nitrogens with zero attached hydrogens (tertiary/aromatic N) is 1. The minimum atomic E-state index is -1.95. The van der Waals surface area contributed by atoms with Crippen LogP contribution in [0.25, 0.3) is 11.0 Å². The normalized spacial score (nSPS) is 15.7. The second-order valence-corrected chi connectivity index (χ2v) is 9.74. The zero-order valence-corrected chi connectivity index (χ0v) is 19.5. The Morgan fingerprint density at radius 3 is 2.55 bits per heavy atom. The molecule has 8 heteroatoms. The van der Waals surface area contributed by atoms with Gasteiger partial charge in [-0.1, -0.05) is 26.0 Å². The molecule has 0 atom stereocenters. The van der Waals surface area contributed by atoms with Crippen LogP contribution in [0, 0.1) is 25.1 Å². The van der Waals surface area contributed by atoms with Crippen molar-refractivity contribution in [3.8, 4) is 0 Å². The Morgan fingerprint density at radius 2 is 1.88 bits per heavy atom. The van der Waals surface area contributed by atoms with E-state index in [0.717, 1.165) is 37.1 Å². The van der Waals surface area contributed by atoms with Gasteiger partial charge in [0.2, 0.25) is 5.88 Å². The number of nitrogens with one attached hydrogen (secondary N) is 1. The number of hydrogen-bond acceptors (Lipinski definition) is 6. The summed E-state index contributed by atoms with van der Waals surface area (Å²) < 4.78 is 20.5. The zero-order chi connectivity index (χ0) is 23.9. The van der Waals surface area contributed by atoms with Crippen LogP contribution in [0.4, 0.5) is 16.0 Å². The number of fused-ring (bicyclic) bond motifs is 1. The molecule has 1 aromatic heterocycles. The fourth-order valence-corrected chi connectivity index (χ4v) is 4.50. The van der Waals surface area contributed by atoms with Gasteiger partial charge in [-0.05, 0) is 55.9 Å². The highest BCUT2D eigenvalue weighted by molar-refractivity contribution is 6.60. The number of benzene rings is 2. The van der Waals surface area contributed by atoms with Crippen LogP contribution in [-0.2, 0) is 6.54 Å². The van der Waals surface area contributed by atoms with Gasteiger partial charge in [-0.15, -0.1) is 0 Å². The minimum absolute atomic E-state index is 0.0572. The summed E-state index contributed by atoms with van der Waals surface area (Å²) in [5.74, 6) is -0.105. The van der Waals surface area contributed by atoms with Crippen molar-refractivity contribution >= 4 is 35.1 Å². The van der Waals surface area contributed by atoms with Crippen LogP contribution < -0.4 is 21.1 Å². The Bertz CT molecular complexity index is 1250. The molecule has 0 bridgehead atoms. The topological polar surface area (TPSA) is 85.9 Å². The van der Waals surface area contributed by atoms with Crippen molar-refractivity contribution in [1.82, 2.24) is 0 Å². The highest BCUT2D eigenvalue weighted by atomic mass is 19.1. The molecule has 1 aliphatic rings. The molecule has 174 valence electrons. The summed E-state index contributed by atoms with van der Waals surface area (Å²) in [5, 5.41) is 22.8. The number of hydrogen-bond donors (Lipinski definition) is 3. The Balaban J connectivity index is 1.74. The molecule has 1 saturated heterocycles. The van der Waals surface area contributed by atoms with E-state index in [1.807, 2.05) is 26.0 Å². The first-order valence-corrected chi connectivity index (χ1v) is 11.3. The first kappa shape index (κ1) is 23.3. The molecule has 3 N–H and O–H groups in total. The average molecular weight is 452 g/mol. The standard InChI is InChI=1S/C25H30BFN2O4/c1-15-12-17(14-28-20-7-5-6-19(27)21(20)26(31)32)23-18(13-15)22(30)16(2)24(33-23)29-10-8-25(3,4)9-11-29/h5-7,12-13,28,31-32H,8-11,14H2,1-4H3. The van der Waals surface area contributed by atoms with Gasteiger partial charge in [0.15, 0.2) is 5.43 Å². The quantitative estimate of drug-likeness (QED) is 0.514. The van der Waals surface area contributed by atoms with E-state index in [2.05, 4.69) is 24.1 Å². The van der Waals surface area contributed by atoms with E-state index in [0.29, 0.717) is 22.4 Å². The van der Waals surface area contributed by atoms with E-state index in [9.17, 15) is 19.2 Å². The van der Waals surface area contributed by atoms with Gasteiger partial charge >= 0.3 is 7.12 Å². The van der Waals surface area contributed by atoms with Crippen molar-refractivity contribution in [1.29, 1.82) is 0 Å². The number of aryl methyl sites for hydroxylation is 1. The maximum atomic E-state index is 14.1. The Morgan fingerprint density at radius 1 is 1.18 bits per heavy atom. The molecule has 1 fully saturated rings. The third-order valence-electron chi connectivity index (χ3n) is 6.60. The van der Waals surface area contributed by atoms with Crippen LogP contribution in [-0.4, -0.2) is 30.3 Å². The van der Waals surface area contributed by atoms with Crippen LogP contribution >= 0.6 is 0 Å². The van der Waals surface area contributed by atoms with Gasteiger partial charge < -0.3 is 24.7 Å². The molecule has 0 radical (unpaired) electrons. The van der Waals surface area contributed by atoms with Crippen LogP contribution in [0.5, 0.6) is 0 Å². The van der Waals surface area contributed by atoms with Gasteiger partial charge in [0, 0.05) is 36.3 Å². The fraction of sp³-hybridized carbons (Fsp3) is 0.400. The van der Waals surface area contributed by atoms with Crippen LogP contribution in [0.3, 0.4) is 0 Å². The van der Waals surface area contributed by atoms with E-state index in [-0.39, 0.29) is 28.5 Å². The lowest BCUT2D eigenvalue weighted by molar-refractivity contribution is 0.274. The molecule has 0 spiro atoms. The molecular weight excluding hydrogens is 422 g/mol. The van der Waals surface area contributed by atoms with Crippen LogP contribution in [0.2, 0.25) is 0 Å². The van der Waals surface area contributed by atoms with Gasteiger partial charge in [0.05, 0.1) is 10.9 Å². The molecule has 0 aliphatic carbocycles. The second kappa shape index (κ2) is 8.84. The number of anilines is 2. The van der Waals surface area contributed by atoms with Crippen molar-refractivity contribution in [2.24, 2.45) is 5.41 Å². The predicted molar refractivity (Wildman–Crippen MR) is 131 cm³/mol. The minimum Gasteiger partial charge on any atom is -0.440 e. The summed E-state index contributed by atoms with van der Waals surface area (Å²) in [7, 11) is -1.95. The van der Waals surface area contributed by atoms with Crippen molar-refractivity contribution in [3.63, 3.8) is 0 Å². The number of rotatable bonds is 5. The van der Waals surface area contributed by atoms with Crippen molar-refractivity contribution in [3.05, 3.63) is 63.1 Å². The van der Waals surface area contributed by atoms with E-state index in [1.165, 1.54) is 12.1 Å².